The van der Waals surface area contributed by atoms with Gasteiger partial charge in [-0.05, 0) is 17.7 Å². The van der Waals surface area contributed by atoms with Gasteiger partial charge in [-0.1, -0.05) is 5.16 Å². The molecule has 0 saturated carbocycles. The maximum absolute atomic E-state index is 12.7. The third-order valence-corrected chi connectivity index (χ3v) is 2.13. The average molecular weight is 197 g/mol. The van der Waals surface area contributed by atoms with E-state index in [2.05, 4.69) is 5.16 Å². The molecule has 14 heavy (non-hydrogen) atoms. The second kappa shape index (κ2) is 2.87. The summed E-state index contributed by atoms with van der Waals surface area (Å²) in [4.78, 5) is 11.3. The van der Waals surface area contributed by atoms with Crippen LogP contribution < -0.4 is 0 Å². The number of halogens is 2. The first-order valence-corrected chi connectivity index (χ1v) is 3.87. The van der Waals surface area contributed by atoms with Crippen LogP contribution in [-0.4, -0.2) is 16.7 Å². The Labute approximate surface area is 77.7 Å². The number of Topliss-reactive ketones (excluding diaryl/α,β-unsaturated/α-hetero) is 1. The number of oxime groups is 1. The summed E-state index contributed by atoms with van der Waals surface area (Å²) >= 11 is 0. The molecule has 1 aliphatic carbocycles. The van der Waals surface area contributed by atoms with Crippen molar-refractivity contribution in [2.45, 2.75) is 6.42 Å². The SMILES string of the molecule is O=C1/C(=N/O)Cc2cc(F)c(F)cc21. The van der Waals surface area contributed by atoms with Crippen LogP contribution in [0.4, 0.5) is 8.78 Å². The number of benzene rings is 1. The first-order valence-electron chi connectivity index (χ1n) is 3.87. The minimum Gasteiger partial charge on any atom is -0.411 e. The summed E-state index contributed by atoms with van der Waals surface area (Å²) in [5, 5.41) is 11.2. The molecular weight excluding hydrogens is 192 g/mol. The van der Waals surface area contributed by atoms with Crippen LogP contribution >= 0.6 is 0 Å². The fraction of sp³-hybridized carbons (Fsp3) is 0.111. The molecule has 0 aliphatic heterocycles. The lowest BCUT2D eigenvalue weighted by atomic mass is 10.1. The molecule has 1 aromatic rings. The molecule has 0 aromatic heterocycles. The van der Waals surface area contributed by atoms with Crippen molar-refractivity contribution in [3.8, 4) is 0 Å². The zero-order valence-corrected chi connectivity index (χ0v) is 6.92. The number of hydrogen-bond donors (Lipinski definition) is 1. The molecule has 0 saturated heterocycles. The maximum Gasteiger partial charge on any atom is 0.211 e. The van der Waals surface area contributed by atoms with Crippen LogP contribution in [0.25, 0.3) is 0 Å². The van der Waals surface area contributed by atoms with Crippen LogP contribution in [0, 0.1) is 11.6 Å². The summed E-state index contributed by atoms with van der Waals surface area (Å²) in [5.74, 6) is -2.63. The largest absolute Gasteiger partial charge is 0.411 e. The van der Waals surface area contributed by atoms with Gasteiger partial charge in [0.25, 0.3) is 0 Å². The average Bonchev–Trinajstić information content (AvgIpc) is 2.45. The maximum atomic E-state index is 12.7. The molecule has 1 aliphatic rings. The van der Waals surface area contributed by atoms with Gasteiger partial charge < -0.3 is 5.21 Å². The Morgan fingerprint density at radius 3 is 2.57 bits per heavy atom. The lowest BCUT2D eigenvalue weighted by Gasteiger charge is -1.97. The van der Waals surface area contributed by atoms with Crippen LogP contribution in [0.1, 0.15) is 15.9 Å². The van der Waals surface area contributed by atoms with Gasteiger partial charge in [0.05, 0.1) is 0 Å². The number of rotatable bonds is 0. The Morgan fingerprint density at radius 2 is 1.93 bits per heavy atom. The van der Waals surface area contributed by atoms with Gasteiger partial charge in [0, 0.05) is 12.0 Å². The first-order chi connectivity index (χ1) is 6.63. The summed E-state index contributed by atoms with van der Waals surface area (Å²) in [5.41, 5.74) is 0.323. The zero-order chi connectivity index (χ0) is 10.3. The summed E-state index contributed by atoms with van der Waals surface area (Å²) in [6.45, 7) is 0. The molecule has 0 radical (unpaired) electrons. The number of fused-ring (bicyclic) bond motifs is 1. The second-order valence-corrected chi connectivity index (χ2v) is 2.98. The van der Waals surface area contributed by atoms with E-state index in [-0.39, 0.29) is 17.7 Å². The van der Waals surface area contributed by atoms with Gasteiger partial charge in [0.2, 0.25) is 5.78 Å². The van der Waals surface area contributed by atoms with Crippen molar-refractivity contribution in [3.05, 3.63) is 34.9 Å². The molecule has 0 amide bonds. The quantitative estimate of drug-likeness (QED) is 0.506. The molecule has 0 fully saturated rings. The molecule has 1 aromatic carbocycles. The Kier molecular flexibility index (Phi) is 1.80. The van der Waals surface area contributed by atoms with Crippen LogP contribution in [-0.2, 0) is 6.42 Å². The minimum atomic E-state index is -1.07. The summed E-state index contributed by atoms with van der Waals surface area (Å²) in [6, 6.07) is 1.77. The smallest absolute Gasteiger partial charge is 0.211 e. The number of ketones is 1. The molecule has 0 heterocycles. The van der Waals surface area contributed by atoms with Gasteiger partial charge in [-0.25, -0.2) is 8.78 Å². The summed E-state index contributed by atoms with van der Waals surface area (Å²) in [6.07, 6.45) is 0.0435. The first kappa shape index (κ1) is 8.80. The lowest BCUT2D eigenvalue weighted by Crippen LogP contribution is -2.07. The molecule has 0 unspecified atom stereocenters. The van der Waals surface area contributed by atoms with Crippen molar-refractivity contribution < 1.29 is 18.8 Å². The van der Waals surface area contributed by atoms with Gasteiger partial charge in [0.1, 0.15) is 5.71 Å². The Bertz CT molecular complexity index is 454. The third-order valence-electron chi connectivity index (χ3n) is 2.13. The molecule has 0 atom stereocenters. The summed E-state index contributed by atoms with van der Waals surface area (Å²) < 4.78 is 25.5. The van der Waals surface area contributed by atoms with Gasteiger partial charge in [-0.2, -0.15) is 0 Å². The van der Waals surface area contributed by atoms with E-state index in [1.807, 2.05) is 0 Å². The van der Waals surface area contributed by atoms with E-state index in [4.69, 9.17) is 5.21 Å². The van der Waals surface area contributed by atoms with E-state index in [1.54, 1.807) is 0 Å². The minimum absolute atomic E-state index is 0.0435. The topological polar surface area (TPSA) is 49.7 Å². The van der Waals surface area contributed by atoms with Crippen molar-refractivity contribution >= 4 is 11.5 Å². The van der Waals surface area contributed by atoms with Crippen molar-refractivity contribution in [3.63, 3.8) is 0 Å². The van der Waals surface area contributed by atoms with E-state index in [1.165, 1.54) is 0 Å². The molecule has 3 nitrogen and oxygen atoms in total. The highest BCUT2D eigenvalue weighted by atomic mass is 19.2. The Hall–Kier alpha value is -1.78. The third kappa shape index (κ3) is 1.09. The highest BCUT2D eigenvalue weighted by Crippen LogP contribution is 2.23. The summed E-state index contributed by atoms with van der Waals surface area (Å²) in [7, 11) is 0. The van der Waals surface area contributed by atoms with E-state index < -0.39 is 17.4 Å². The fourth-order valence-corrected chi connectivity index (χ4v) is 1.44. The molecule has 2 rings (SSSR count). The Balaban J connectivity index is 2.61. The predicted molar refractivity (Wildman–Crippen MR) is 43.6 cm³/mol. The van der Waals surface area contributed by atoms with E-state index in [0.29, 0.717) is 5.56 Å². The molecule has 0 bridgehead atoms. The van der Waals surface area contributed by atoms with Gasteiger partial charge in [0.15, 0.2) is 11.6 Å². The Morgan fingerprint density at radius 1 is 1.29 bits per heavy atom. The molecule has 72 valence electrons. The highest BCUT2D eigenvalue weighted by Gasteiger charge is 2.28. The zero-order valence-electron chi connectivity index (χ0n) is 6.92. The molecule has 1 N–H and O–H groups in total. The van der Waals surface area contributed by atoms with Crippen LogP contribution in [0.2, 0.25) is 0 Å². The van der Waals surface area contributed by atoms with E-state index in [0.717, 1.165) is 12.1 Å². The second-order valence-electron chi connectivity index (χ2n) is 2.98. The molecule has 5 heteroatoms. The van der Waals surface area contributed by atoms with Crippen molar-refractivity contribution in [2.75, 3.05) is 0 Å². The van der Waals surface area contributed by atoms with Crippen molar-refractivity contribution in [1.82, 2.24) is 0 Å². The van der Waals surface area contributed by atoms with Crippen LogP contribution in [0.15, 0.2) is 17.3 Å². The van der Waals surface area contributed by atoms with Gasteiger partial charge in [-0.3, -0.25) is 4.79 Å². The highest BCUT2D eigenvalue weighted by molar-refractivity contribution is 6.49. The van der Waals surface area contributed by atoms with Gasteiger partial charge in [-0.15, -0.1) is 0 Å². The number of carbonyl (C=O) groups is 1. The number of hydrogen-bond acceptors (Lipinski definition) is 3. The van der Waals surface area contributed by atoms with E-state index >= 15 is 0 Å². The van der Waals surface area contributed by atoms with Crippen molar-refractivity contribution in [2.24, 2.45) is 5.16 Å². The number of nitrogens with zero attached hydrogens (tertiary/aromatic N) is 1. The van der Waals surface area contributed by atoms with E-state index in [9.17, 15) is 13.6 Å². The van der Waals surface area contributed by atoms with Gasteiger partial charge >= 0.3 is 0 Å². The molecule has 0 spiro atoms. The monoisotopic (exact) mass is 197 g/mol. The fourth-order valence-electron chi connectivity index (χ4n) is 1.44. The number of carbonyl (C=O) groups excluding carboxylic acids is 1. The van der Waals surface area contributed by atoms with Crippen molar-refractivity contribution in [1.29, 1.82) is 0 Å². The molecular formula is C9H5F2NO2. The standard InChI is InChI=1S/C9H5F2NO2/c10-6-1-4-2-8(12-14)9(13)5(4)3-7(6)11/h1,3,14H,2H2/b12-8+. The predicted octanol–water partition coefficient (Wildman–Crippen LogP) is 1.53. The lowest BCUT2D eigenvalue weighted by molar-refractivity contribution is 0.106. The van der Waals surface area contributed by atoms with Crippen LogP contribution in [0.3, 0.4) is 0 Å². The van der Waals surface area contributed by atoms with Crippen LogP contribution in [0.5, 0.6) is 0 Å². The normalized spacial score (nSPS) is 17.6.